The first-order valence-electron chi connectivity index (χ1n) is 8.02. The van der Waals surface area contributed by atoms with Gasteiger partial charge in [0.25, 0.3) is 5.56 Å². The SMILES string of the molecule is COCCNc1nc(-c2ccc(CN)cc2)cc2ncn(C)c(=O)c12. The second-order valence-electron chi connectivity index (χ2n) is 5.73. The van der Waals surface area contributed by atoms with E-state index in [0.29, 0.717) is 36.4 Å². The molecule has 25 heavy (non-hydrogen) atoms. The molecule has 7 heteroatoms. The van der Waals surface area contributed by atoms with Crippen LogP contribution in [0.2, 0.25) is 0 Å². The summed E-state index contributed by atoms with van der Waals surface area (Å²) in [6.45, 7) is 1.55. The normalized spacial score (nSPS) is 11.0. The topological polar surface area (TPSA) is 95.1 Å². The fraction of sp³-hybridized carbons (Fsp3) is 0.278. The number of nitrogens with one attached hydrogen (secondary N) is 1. The van der Waals surface area contributed by atoms with E-state index in [1.54, 1.807) is 14.2 Å². The van der Waals surface area contributed by atoms with Crippen LogP contribution < -0.4 is 16.6 Å². The zero-order valence-electron chi connectivity index (χ0n) is 14.3. The van der Waals surface area contributed by atoms with Gasteiger partial charge in [-0.15, -0.1) is 0 Å². The molecule has 1 aromatic carbocycles. The number of ether oxygens (including phenoxy) is 1. The van der Waals surface area contributed by atoms with Crippen molar-refractivity contribution in [2.75, 3.05) is 25.6 Å². The smallest absolute Gasteiger partial charge is 0.264 e. The average molecular weight is 339 g/mol. The summed E-state index contributed by atoms with van der Waals surface area (Å²) in [6, 6.07) is 9.70. The maximum absolute atomic E-state index is 12.5. The lowest BCUT2D eigenvalue weighted by molar-refractivity contribution is 0.210. The third kappa shape index (κ3) is 3.52. The third-order valence-corrected chi connectivity index (χ3v) is 3.99. The van der Waals surface area contributed by atoms with Crippen LogP contribution in [0.15, 0.2) is 41.5 Å². The van der Waals surface area contributed by atoms with Crippen LogP contribution in [0.3, 0.4) is 0 Å². The van der Waals surface area contributed by atoms with E-state index in [4.69, 9.17) is 10.5 Å². The molecule has 0 atom stereocenters. The molecular formula is C18H21N5O2. The Morgan fingerprint density at radius 3 is 2.72 bits per heavy atom. The highest BCUT2D eigenvalue weighted by Crippen LogP contribution is 2.25. The molecule has 7 nitrogen and oxygen atoms in total. The summed E-state index contributed by atoms with van der Waals surface area (Å²) in [6.07, 6.45) is 1.52. The summed E-state index contributed by atoms with van der Waals surface area (Å²) in [5.41, 5.74) is 8.86. The molecule has 130 valence electrons. The van der Waals surface area contributed by atoms with Gasteiger partial charge >= 0.3 is 0 Å². The number of hydrogen-bond donors (Lipinski definition) is 2. The fourth-order valence-corrected chi connectivity index (χ4v) is 2.58. The van der Waals surface area contributed by atoms with Gasteiger partial charge in [0.05, 0.1) is 24.1 Å². The number of nitrogens with two attached hydrogens (primary N) is 1. The van der Waals surface area contributed by atoms with Crippen molar-refractivity contribution in [2.45, 2.75) is 6.54 Å². The molecule has 0 aliphatic carbocycles. The molecule has 2 heterocycles. The van der Waals surface area contributed by atoms with E-state index in [1.165, 1.54) is 10.9 Å². The first-order valence-corrected chi connectivity index (χ1v) is 8.02. The molecule has 0 aliphatic rings. The number of aromatic nitrogens is 3. The Hall–Kier alpha value is -2.77. The Kier molecular flexibility index (Phi) is 5.06. The van der Waals surface area contributed by atoms with Crippen LogP contribution in [0.25, 0.3) is 22.2 Å². The van der Waals surface area contributed by atoms with Crippen LogP contribution in [0.4, 0.5) is 5.82 Å². The molecule has 2 aromatic heterocycles. The highest BCUT2D eigenvalue weighted by atomic mass is 16.5. The van der Waals surface area contributed by atoms with E-state index in [2.05, 4.69) is 15.3 Å². The van der Waals surface area contributed by atoms with Crippen molar-refractivity contribution in [2.24, 2.45) is 12.8 Å². The fourth-order valence-electron chi connectivity index (χ4n) is 2.58. The average Bonchev–Trinajstić information content (AvgIpc) is 2.64. The van der Waals surface area contributed by atoms with Crippen molar-refractivity contribution in [3.63, 3.8) is 0 Å². The van der Waals surface area contributed by atoms with Crippen LogP contribution in [0.5, 0.6) is 0 Å². The number of aryl methyl sites for hydroxylation is 1. The number of benzene rings is 1. The van der Waals surface area contributed by atoms with E-state index in [0.717, 1.165) is 16.8 Å². The van der Waals surface area contributed by atoms with Gasteiger partial charge in [0.2, 0.25) is 0 Å². The molecule has 0 aliphatic heterocycles. The minimum absolute atomic E-state index is 0.137. The summed E-state index contributed by atoms with van der Waals surface area (Å²) >= 11 is 0. The number of fused-ring (bicyclic) bond motifs is 1. The van der Waals surface area contributed by atoms with Gasteiger partial charge < -0.3 is 20.4 Å². The molecule has 0 saturated carbocycles. The Bertz CT molecular complexity index is 935. The second kappa shape index (κ2) is 7.42. The molecular weight excluding hydrogens is 318 g/mol. The van der Waals surface area contributed by atoms with Gasteiger partial charge in [-0.25, -0.2) is 9.97 Å². The zero-order valence-corrected chi connectivity index (χ0v) is 14.3. The van der Waals surface area contributed by atoms with Gasteiger partial charge in [-0.1, -0.05) is 24.3 Å². The molecule has 0 unspecified atom stereocenters. The van der Waals surface area contributed by atoms with Gasteiger partial charge in [0.1, 0.15) is 11.2 Å². The summed E-state index contributed by atoms with van der Waals surface area (Å²) in [5, 5.41) is 3.66. The van der Waals surface area contributed by atoms with Crippen molar-refractivity contribution in [3.8, 4) is 11.3 Å². The molecule has 0 amide bonds. The minimum atomic E-state index is -0.137. The quantitative estimate of drug-likeness (QED) is 0.661. The predicted octanol–water partition coefficient (Wildman–Crippen LogP) is 1.51. The van der Waals surface area contributed by atoms with Crippen molar-refractivity contribution in [3.05, 3.63) is 52.6 Å². The summed E-state index contributed by atoms with van der Waals surface area (Å²) < 4.78 is 6.51. The van der Waals surface area contributed by atoms with E-state index < -0.39 is 0 Å². The molecule has 3 rings (SSSR count). The van der Waals surface area contributed by atoms with Gasteiger partial charge in [-0.05, 0) is 11.6 Å². The van der Waals surface area contributed by atoms with Crippen LogP contribution in [0, 0.1) is 0 Å². The van der Waals surface area contributed by atoms with Crippen molar-refractivity contribution in [1.82, 2.24) is 14.5 Å². The van der Waals surface area contributed by atoms with Crippen molar-refractivity contribution < 1.29 is 4.74 Å². The maximum Gasteiger partial charge on any atom is 0.264 e. The van der Waals surface area contributed by atoms with Crippen LogP contribution in [-0.4, -0.2) is 34.8 Å². The predicted molar refractivity (Wildman–Crippen MR) is 98.5 cm³/mol. The lowest BCUT2D eigenvalue weighted by Crippen LogP contribution is -2.20. The third-order valence-electron chi connectivity index (χ3n) is 3.99. The Labute approximate surface area is 145 Å². The van der Waals surface area contributed by atoms with E-state index in [9.17, 15) is 4.79 Å². The van der Waals surface area contributed by atoms with Gasteiger partial charge in [0.15, 0.2) is 0 Å². The number of hydrogen-bond acceptors (Lipinski definition) is 6. The lowest BCUT2D eigenvalue weighted by Gasteiger charge is -2.11. The first kappa shape index (κ1) is 17.1. The van der Waals surface area contributed by atoms with Crippen LogP contribution in [0.1, 0.15) is 5.56 Å². The van der Waals surface area contributed by atoms with Gasteiger partial charge in [-0.2, -0.15) is 0 Å². The van der Waals surface area contributed by atoms with Crippen LogP contribution in [-0.2, 0) is 18.3 Å². The number of nitrogens with zero attached hydrogens (tertiary/aromatic N) is 3. The number of pyridine rings is 1. The summed E-state index contributed by atoms with van der Waals surface area (Å²) in [5.74, 6) is 0.515. The number of anilines is 1. The summed E-state index contributed by atoms with van der Waals surface area (Å²) in [4.78, 5) is 21.5. The molecule has 3 N–H and O–H groups in total. The Balaban J connectivity index is 2.13. The molecule has 0 bridgehead atoms. The Morgan fingerprint density at radius 2 is 2.04 bits per heavy atom. The second-order valence-corrected chi connectivity index (χ2v) is 5.73. The van der Waals surface area contributed by atoms with Crippen molar-refractivity contribution in [1.29, 1.82) is 0 Å². The van der Waals surface area contributed by atoms with E-state index in [1.807, 2.05) is 30.3 Å². The molecule has 3 aromatic rings. The maximum atomic E-state index is 12.5. The molecule has 0 fully saturated rings. The minimum Gasteiger partial charge on any atom is -0.383 e. The highest BCUT2D eigenvalue weighted by molar-refractivity contribution is 5.91. The lowest BCUT2D eigenvalue weighted by atomic mass is 10.1. The highest BCUT2D eigenvalue weighted by Gasteiger charge is 2.13. The van der Waals surface area contributed by atoms with Gasteiger partial charge in [0, 0.05) is 32.8 Å². The van der Waals surface area contributed by atoms with Gasteiger partial charge in [-0.3, -0.25) is 4.79 Å². The number of rotatable bonds is 6. The molecule has 0 saturated heterocycles. The van der Waals surface area contributed by atoms with E-state index in [-0.39, 0.29) is 5.56 Å². The first-order chi connectivity index (χ1) is 12.1. The molecule has 0 spiro atoms. The standard InChI is InChI=1S/C18H21N5O2/c1-23-11-21-15-9-14(13-5-3-12(10-19)4-6-13)22-17(16(15)18(23)24)20-7-8-25-2/h3-6,9,11H,7-8,10,19H2,1-2H3,(H,20,22). The monoisotopic (exact) mass is 339 g/mol. The van der Waals surface area contributed by atoms with Crippen LogP contribution >= 0.6 is 0 Å². The van der Waals surface area contributed by atoms with E-state index >= 15 is 0 Å². The molecule has 0 radical (unpaired) electrons. The summed E-state index contributed by atoms with van der Waals surface area (Å²) in [7, 11) is 3.30. The largest absolute Gasteiger partial charge is 0.383 e. The zero-order chi connectivity index (χ0) is 17.8. The Morgan fingerprint density at radius 1 is 1.28 bits per heavy atom. The van der Waals surface area contributed by atoms with Crippen molar-refractivity contribution >= 4 is 16.7 Å². The number of methoxy groups -OCH3 is 1.